The maximum atomic E-state index is 10.7. The number of anilines is 1. The number of carbonyl (C=O) groups is 1. The number of amides is 1. The molecular weight excluding hydrogens is 250 g/mol. The summed E-state index contributed by atoms with van der Waals surface area (Å²) in [6.07, 6.45) is 2.19. The highest BCUT2D eigenvalue weighted by molar-refractivity contribution is 5.86. The second-order valence-electron chi connectivity index (χ2n) is 3.70. The largest absolute Gasteiger partial charge is 0.489 e. The zero-order valence-corrected chi connectivity index (χ0v) is 9.96. The molecule has 2 rings (SSSR count). The number of aliphatic hydroxyl groups is 1. The summed E-state index contributed by atoms with van der Waals surface area (Å²) in [7, 11) is 0. The molecule has 0 radical (unpaired) electrons. The summed E-state index contributed by atoms with van der Waals surface area (Å²) in [5, 5.41) is 26.3. The number of hydrogen-bond acceptors (Lipinski definition) is 4. The fourth-order valence-corrected chi connectivity index (χ4v) is 1.60. The number of nitrogens with one attached hydrogen (secondary N) is 2. The number of carboxylic acid groups (broad SMARTS) is 1. The maximum Gasteiger partial charge on any atom is 0.409 e. The van der Waals surface area contributed by atoms with Gasteiger partial charge in [-0.1, -0.05) is 6.07 Å². The molecule has 0 atom stereocenters. The van der Waals surface area contributed by atoms with E-state index in [1.54, 1.807) is 30.6 Å². The third-order valence-corrected chi connectivity index (χ3v) is 2.40. The van der Waals surface area contributed by atoms with Crippen molar-refractivity contribution in [3.05, 3.63) is 30.6 Å². The van der Waals surface area contributed by atoms with Crippen LogP contribution in [0.3, 0.4) is 0 Å². The number of aromatic nitrogens is 2. The minimum absolute atomic E-state index is 0.0864. The third-order valence-electron chi connectivity index (χ3n) is 2.40. The molecule has 0 aliphatic heterocycles. The van der Waals surface area contributed by atoms with E-state index in [1.807, 2.05) is 0 Å². The molecule has 0 unspecified atom stereocenters. The van der Waals surface area contributed by atoms with Crippen LogP contribution in [0.1, 0.15) is 0 Å². The zero-order chi connectivity index (χ0) is 13.7. The molecule has 1 heterocycles. The number of hydrogen-bond donors (Lipinski definition) is 4. The SMILES string of the molecule is O=C(O)Nc1ccc(-c2cn[nH]c2)cc1OCCO. The fraction of sp³-hybridized carbons (Fsp3) is 0.167. The predicted octanol–water partition coefficient (Wildman–Crippen LogP) is 1.54. The normalized spacial score (nSPS) is 10.2. The van der Waals surface area contributed by atoms with Crippen molar-refractivity contribution in [2.24, 2.45) is 0 Å². The smallest absolute Gasteiger partial charge is 0.409 e. The number of ether oxygens (including phenoxy) is 1. The van der Waals surface area contributed by atoms with E-state index < -0.39 is 6.09 Å². The first-order chi connectivity index (χ1) is 9.20. The summed E-state index contributed by atoms with van der Waals surface area (Å²) in [6, 6.07) is 5.04. The molecule has 7 heteroatoms. The summed E-state index contributed by atoms with van der Waals surface area (Å²) in [5.74, 6) is 0.357. The highest BCUT2D eigenvalue weighted by atomic mass is 16.5. The number of H-pyrrole nitrogens is 1. The minimum Gasteiger partial charge on any atom is -0.489 e. The van der Waals surface area contributed by atoms with Crippen LogP contribution in [0.25, 0.3) is 11.1 Å². The molecule has 4 N–H and O–H groups in total. The molecule has 2 aromatic rings. The van der Waals surface area contributed by atoms with Crippen LogP contribution in [0.2, 0.25) is 0 Å². The van der Waals surface area contributed by atoms with Gasteiger partial charge in [-0.25, -0.2) is 4.79 Å². The lowest BCUT2D eigenvalue weighted by Gasteiger charge is -2.11. The second kappa shape index (κ2) is 5.87. The van der Waals surface area contributed by atoms with Crippen molar-refractivity contribution in [1.29, 1.82) is 0 Å². The number of rotatable bonds is 5. The monoisotopic (exact) mass is 263 g/mol. The van der Waals surface area contributed by atoms with E-state index in [-0.39, 0.29) is 13.2 Å². The number of aromatic amines is 1. The van der Waals surface area contributed by atoms with Gasteiger partial charge in [-0.05, 0) is 17.7 Å². The van der Waals surface area contributed by atoms with Crippen molar-refractivity contribution in [3.8, 4) is 16.9 Å². The van der Waals surface area contributed by atoms with Crippen molar-refractivity contribution in [2.75, 3.05) is 18.5 Å². The maximum absolute atomic E-state index is 10.7. The van der Waals surface area contributed by atoms with Crippen molar-refractivity contribution in [2.45, 2.75) is 0 Å². The van der Waals surface area contributed by atoms with E-state index in [9.17, 15) is 4.79 Å². The van der Waals surface area contributed by atoms with Gasteiger partial charge in [-0.3, -0.25) is 10.4 Å². The molecular formula is C12H13N3O4. The van der Waals surface area contributed by atoms with Gasteiger partial charge in [0.2, 0.25) is 0 Å². The molecule has 1 aromatic heterocycles. The van der Waals surface area contributed by atoms with Gasteiger partial charge < -0.3 is 14.9 Å². The first-order valence-electron chi connectivity index (χ1n) is 5.57. The minimum atomic E-state index is -1.18. The highest BCUT2D eigenvalue weighted by Gasteiger charge is 2.09. The number of aliphatic hydroxyl groups excluding tert-OH is 1. The summed E-state index contributed by atoms with van der Waals surface area (Å²) < 4.78 is 5.32. The van der Waals surface area contributed by atoms with Gasteiger partial charge in [0.25, 0.3) is 0 Å². The van der Waals surface area contributed by atoms with E-state index in [4.69, 9.17) is 14.9 Å². The highest BCUT2D eigenvalue weighted by Crippen LogP contribution is 2.30. The van der Waals surface area contributed by atoms with Crippen LogP contribution in [0.4, 0.5) is 10.5 Å². The topological polar surface area (TPSA) is 107 Å². The molecule has 1 amide bonds. The Hall–Kier alpha value is -2.54. The molecule has 0 aliphatic rings. The summed E-state index contributed by atoms with van der Waals surface area (Å²) in [6.45, 7) is -0.0639. The van der Waals surface area contributed by atoms with Crippen LogP contribution in [0.5, 0.6) is 5.75 Å². The lowest BCUT2D eigenvalue weighted by atomic mass is 10.1. The standard InChI is InChI=1S/C12H13N3O4/c16-3-4-19-11-5-8(9-6-13-14-7-9)1-2-10(11)15-12(17)18/h1-2,5-7,15-16H,3-4H2,(H,13,14)(H,17,18). The van der Waals surface area contributed by atoms with E-state index in [0.717, 1.165) is 11.1 Å². The quantitative estimate of drug-likeness (QED) is 0.654. The van der Waals surface area contributed by atoms with Crippen molar-refractivity contribution >= 4 is 11.8 Å². The van der Waals surface area contributed by atoms with E-state index in [1.165, 1.54) is 0 Å². The van der Waals surface area contributed by atoms with Crippen molar-refractivity contribution in [1.82, 2.24) is 10.2 Å². The lowest BCUT2D eigenvalue weighted by molar-refractivity contribution is 0.201. The molecule has 0 saturated carbocycles. The molecule has 19 heavy (non-hydrogen) atoms. The Bertz CT molecular complexity index is 554. The second-order valence-corrected chi connectivity index (χ2v) is 3.70. The van der Waals surface area contributed by atoms with Crippen molar-refractivity contribution < 1.29 is 19.7 Å². The third kappa shape index (κ3) is 3.23. The molecule has 7 nitrogen and oxygen atoms in total. The Morgan fingerprint density at radius 3 is 2.89 bits per heavy atom. The molecule has 1 aromatic carbocycles. The average Bonchev–Trinajstić information content (AvgIpc) is 2.91. The van der Waals surface area contributed by atoms with Gasteiger partial charge in [0.05, 0.1) is 18.5 Å². The summed E-state index contributed by atoms with van der Waals surface area (Å²) >= 11 is 0. The predicted molar refractivity (Wildman–Crippen MR) is 68.3 cm³/mol. The Morgan fingerprint density at radius 1 is 1.42 bits per heavy atom. The lowest BCUT2D eigenvalue weighted by Crippen LogP contribution is -2.10. The van der Waals surface area contributed by atoms with Crippen LogP contribution >= 0.6 is 0 Å². The zero-order valence-electron chi connectivity index (χ0n) is 9.96. The van der Waals surface area contributed by atoms with Gasteiger partial charge in [-0.2, -0.15) is 5.10 Å². The molecule has 0 spiro atoms. The fourth-order valence-electron chi connectivity index (χ4n) is 1.60. The Balaban J connectivity index is 2.32. The van der Waals surface area contributed by atoms with Gasteiger partial charge in [0.15, 0.2) is 0 Å². The molecule has 0 fully saturated rings. The number of benzene rings is 1. The number of nitrogens with zero attached hydrogens (tertiary/aromatic N) is 1. The van der Waals surface area contributed by atoms with E-state index >= 15 is 0 Å². The Morgan fingerprint density at radius 2 is 2.26 bits per heavy atom. The van der Waals surface area contributed by atoms with Gasteiger partial charge in [0.1, 0.15) is 12.4 Å². The van der Waals surface area contributed by atoms with Gasteiger partial charge in [0, 0.05) is 11.8 Å². The first-order valence-corrected chi connectivity index (χ1v) is 5.57. The van der Waals surface area contributed by atoms with Gasteiger partial charge in [-0.15, -0.1) is 0 Å². The Labute approximate surface area is 108 Å². The first kappa shape index (κ1) is 12.9. The molecule has 100 valence electrons. The summed E-state index contributed by atoms with van der Waals surface area (Å²) in [5.41, 5.74) is 2.02. The van der Waals surface area contributed by atoms with E-state index in [0.29, 0.717) is 11.4 Å². The van der Waals surface area contributed by atoms with Crippen LogP contribution in [-0.4, -0.2) is 39.7 Å². The van der Waals surface area contributed by atoms with Crippen molar-refractivity contribution in [3.63, 3.8) is 0 Å². The van der Waals surface area contributed by atoms with Crippen LogP contribution < -0.4 is 10.1 Å². The summed E-state index contributed by atoms with van der Waals surface area (Å²) in [4.78, 5) is 10.7. The van der Waals surface area contributed by atoms with Crippen LogP contribution in [-0.2, 0) is 0 Å². The molecule has 0 saturated heterocycles. The van der Waals surface area contributed by atoms with Crippen LogP contribution in [0, 0.1) is 0 Å². The van der Waals surface area contributed by atoms with E-state index in [2.05, 4.69) is 15.5 Å². The Kier molecular flexibility index (Phi) is 3.99. The van der Waals surface area contributed by atoms with Gasteiger partial charge >= 0.3 is 6.09 Å². The molecule has 0 bridgehead atoms. The average molecular weight is 263 g/mol. The molecule has 0 aliphatic carbocycles. The van der Waals surface area contributed by atoms with Crippen LogP contribution in [0.15, 0.2) is 30.6 Å².